The zero-order valence-electron chi connectivity index (χ0n) is 17.0. The number of aromatic nitrogens is 2. The summed E-state index contributed by atoms with van der Waals surface area (Å²) in [5.74, 6) is -1.16. The molecule has 0 fully saturated rings. The summed E-state index contributed by atoms with van der Waals surface area (Å²) in [5, 5.41) is 9.78. The Bertz CT molecular complexity index is 1240. The highest BCUT2D eigenvalue weighted by molar-refractivity contribution is 7.92. The number of carbonyl (C=O) groups is 1. The predicted molar refractivity (Wildman–Crippen MR) is 112 cm³/mol. The quantitative estimate of drug-likeness (QED) is 0.501. The summed E-state index contributed by atoms with van der Waals surface area (Å²) in [5.41, 5.74) is 0.337. The Hall–Kier alpha value is -3.87. The van der Waals surface area contributed by atoms with Crippen molar-refractivity contribution < 1.29 is 35.9 Å². The number of halogens is 3. The van der Waals surface area contributed by atoms with Gasteiger partial charge in [-0.25, -0.2) is 8.42 Å². The lowest BCUT2D eigenvalue weighted by atomic mass is 10.2. The van der Waals surface area contributed by atoms with E-state index in [1.807, 2.05) is 0 Å². The number of anilines is 2. The molecule has 1 aromatic heterocycles. The van der Waals surface area contributed by atoms with Gasteiger partial charge in [0.2, 0.25) is 0 Å². The van der Waals surface area contributed by atoms with E-state index in [4.69, 9.17) is 4.74 Å². The van der Waals surface area contributed by atoms with Gasteiger partial charge in [-0.3, -0.25) is 9.52 Å². The fraction of sp³-hybridized carbons (Fsp3) is 0.150. The Morgan fingerprint density at radius 1 is 1.06 bits per heavy atom. The van der Waals surface area contributed by atoms with Crippen molar-refractivity contribution >= 4 is 27.3 Å². The molecule has 0 bridgehead atoms. The smallest absolute Gasteiger partial charge is 0.492 e. The number of hydrogen-bond donors (Lipinski definition) is 2. The monoisotopic (exact) mass is 482 g/mol. The molecular formula is C20H17F3N4O5S. The fourth-order valence-electron chi connectivity index (χ4n) is 2.67. The molecule has 9 nitrogen and oxygen atoms in total. The van der Waals surface area contributed by atoms with Gasteiger partial charge >= 0.3 is 6.36 Å². The van der Waals surface area contributed by atoms with Crippen LogP contribution in [-0.4, -0.2) is 37.5 Å². The third kappa shape index (κ3) is 6.55. The SMILES string of the molecule is CCOc1cc(NC(=O)c2ccnnc2)ccc1S(=O)(=O)Nc1cccc(OC(F)(F)F)c1. The molecular weight excluding hydrogens is 465 g/mol. The molecule has 3 aromatic rings. The van der Waals surface area contributed by atoms with Gasteiger partial charge < -0.3 is 14.8 Å². The number of nitrogens with zero attached hydrogens (tertiary/aromatic N) is 2. The van der Waals surface area contributed by atoms with Gasteiger partial charge in [-0.2, -0.15) is 10.2 Å². The maximum Gasteiger partial charge on any atom is 0.573 e. The molecule has 0 radical (unpaired) electrons. The molecule has 0 spiro atoms. The van der Waals surface area contributed by atoms with E-state index in [1.165, 1.54) is 48.8 Å². The van der Waals surface area contributed by atoms with Gasteiger partial charge in [0.15, 0.2) is 0 Å². The number of alkyl halides is 3. The van der Waals surface area contributed by atoms with Crippen molar-refractivity contribution in [1.29, 1.82) is 0 Å². The molecule has 174 valence electrons. The van der Waals surface area contributed by atoms with E-state index in [9.17, 15) is 26.4 Å². The third-order valence-electron chi connectivity index (χ3n) is 3.96. The maximum atomic E-state index is 12.9. The Kier molecular flexibility index (Phi) is 7.01. The van der Waals surface area contributed by atoms with Crippen LogP contribution in [0, 0.1) is 0 Å². The van der Waals surface area contributed by atoms with Crippen LogP contribution in [0.1, 0.15) is 17.3 Å². The van der Waals surface area contributed by atoms with Gasteiger partial charge in [0.25, 0.3) is 15.9 Å². The van der Waals surface area contributed by atoms with Crippen molar-refractivity contribution in [2.24, 2.45) is 0 Å². The second kappa shape index (κ2) is 9.73. The largest absolute Gasteiger partial charge is 0.573 e. The second-order valence-electron chi connectivity index (χ2n) is 6.36. The van der Waals surface area contributed by atoms with Crippen LogP contribution in [0.25, 0.3) is 0 Å². The van der Waals surface area contributed by atoms with E-state index < -0.39 is 28.0 Å². The lowest BCUT2D eigenvalue weighted by Crippen LogP contribution is -2.18. The molecule has 2 aromatic carbocycles. The van der Waals surface area contributed by atoms with Crippen LogP contribution in [-0.2, 0) is 10.0 Å². The Morgan fingerprint density at radius 2 is 1.85 bits per heavy atom. The van der Waals surface area contributed by atoms with Crippen molar-refractivity contribution in [2.75, 3.05) is 16.6 Å². The summed E-state index contributed by atoms with van der Waals surface area (Å²) >= 11 is 0. The summed E-state index contributed by atoms with van der Waals surface area (Å²) in [6, 6.07) is 9.69. The van der Waals surface area contributed by atoms with Crippen molar-refractivity contribution in [2.45, 2.75) is 18.2 Å². The number of hydrogen-bond acceptors (Lipinski definition) is 7. The van der Waals surface area contributed by atoms with E-state index in [0.29, 0.717) is 0 Å². The summed E-state index contributed by atoms with van der Waals surface area (Å²) in [7, 11) is -4.27. The van der Waals surface area contributed by atoms with Crippen LogP contribution < -0.4 is 19.5 Å². The highest BCUT2D eigenvalue weighted by Crippen LogP contribution is 2.31. The number of carbonyl (C=O) groups excluding carboxylic acids is 1. The van der Waals surface area contributed by atoms with Gasteiger partial charge in [0.05, 0.1) is 30.3 Å². The Morgan fingerprint density at radius 3 is 2.52 bits per heavy atom. The lowest BCUT2D eigenvalue weighted by molar-refractivity contribution is -0.274. The highest BCUT2D eigenvalue weighted by atomic mass is 32.2. The van der Waals surface area contributed by atoms with Gasteiger partial charge in [0.1, 0.15) is 16.4 Å². The minimum atomic E-state index is -4.92. The molecule has 33 heavy (non-hydrogen) atoms. The molecule has 0 saturated carbocycles. The average molecular weight is 482 g/mol. The van der Waals surface area contributed by atoms with E-state index in [1.54, 1.807) is 6.92 Å². The van der Waals surface area contributed by atoms with Gasteiger partial charge in [-0.05, 0) is 37.3 Å². The minimum absolute atomic E-state index is 0.0710. The van der Waals surface area contributed by atoms with E-state index >= 15 is 0 Å². The number of amides is 1. The van der Waals surface area contributed by atoms with Crippen molar-refractivity contribution in [3.05, 3.63) is 66.5 Å². The van der Waals surface area contributed by atoms with Crippen molar-refractivity contribution in [1.82, 2.24) is 10.2 Å². The summed E-state index contributed by atoms with van der Waals surface area (Å²) < 4.78 is 74.5. The zero-order chi connectivity index (χ0) is 24.1. The van der Waals surface area contributed by atoms with Gasteiger partial charge in [-0.1, -0.05) is 6.07 Å². The molecule has 1 amide bonds. The minimum Gasteiger partial charge on any atom is -0.492 e. The molecule has 13 heteroatoms. The summed E-state index contributed by atoms with van der Waals surface area (Å²) in [6.07, 6.45) is -2.32. The Labute approximate surface area is 186 Å². The summed E-state index contributed by atoms with van der Waals surface area (Å²) in [6.45, 7) is 1.75. The highest BCUT2D eigenvalue weighted by Gasteiger charge is 2.31. The molecule has 0 saturated heterocycles. The average Bonchev–Trinajstić information content (AvgIpc) is 2.73. The second-order valence-corrected chi connectivity index (χ2v) is 8.01. The van der Waals surface area contributed by atoms with E-state index in [2.05, 4.69) is 25.0 Å². The molecule has 0 aliphatic rings. The van der Waals surface area contributed by atoms with E-state index in [-0.39, 0.29) is 34.2 Å². The standard InChI is InChI=1S/C20H17F3N4O5S/c1-2-31-17-11-14(26-19(28)13-8-9-24-25-12-13)6-7-18(17)33(29,30)27-15-4-3-5-16(10-15)32-20(21,22)23/h3-12,27H,2H2,1H3,(H,26,28). The van der Waals surface area contributed by atoms with Crippen molar-refractivity contribution in [3.8, 4) is 11.5 Å². The first-order valence-electron chi connectivity index (χ1n) is 9.31. The van der Waals surface area contributed by atoms with Crippen LogP contribution in [0.2, 0.25) is 0 Å². The number of sulfonamides is 1. The third-order valence-corrected chi connectivity index (χ3v) is 5.38. The normalized spacial score (nSPS) is 11.5. The summed E-state index contributed by atoms with van der Waals surface area (Å²) in [4.78, 5) is 12.0. The number of benzene rings is 2. The zero-order valence-corrected chi connectivity index (χ0v) is 17.8. The molecule has 0 aliphatic heterocycles. The van der Waals surface area contributed by atoms with Crippen LogP contribution in [0.15, 0.2) is 65.8 Å². The van der Waals surface area contributed by atoms with E-state index in [0.717, 1.165) is 12.1 Å². The first kappa shape index (κ1) is 23.8. The molecule has 0 unspecified atom stereocenters. The van der Waals surface area contributed by atoms with Crippen LogP contribution in [0.3, 0.4) is 0 Å². The van der Waals surface area contributed by atoms with Gasteiger partial charge in [-0.15, -0.1) is 13.2 Å². The number of nitrogens with one attached hydrogen (secondary N) is 2. The lowest BCUT2D eigenvalue weighted by Gasteiger charge is -2.15. The van der Waals surface area contributed by atoms with Crippen LogP contribution in [0.5, 0.6) is 11.5 Å². The predicted octanol–water partition coefficient (Wildman–Crippen LogP) is 3.83. The molecule has 1 heterocycles. The molecule has 0 aliphatic carbocycles. The fourth-order valence-corrected chi connectivity index (χ4v) is 3.85. The van der Waals surface area contributed by atoms with Crippen molar-refractivity contribution in [3.63, 3.8) is 0 Å². The Balaban J connectivity index is 1.85. The molecule has 3 rings (SSSR count). The number of rotatable bonds is 8. The van der Waals surface area contributed by atoms with Gasteiger partial charge in [0, 0.05) is 17.8 Å². The number of ether oxygens (including phenoxy) is 2. The van der Waals surface area contributed by atoms with Crippen LogP contribution in [0.4, 0.5) is 24.5 Å². The first-order chi connectivity index (χ1) is 15.6. The molecule has 2 N–H and O–H groups in total. The molecule has 0 atom stereocenters. The van der Waals surface area contributed by atoms with Crippen LogP contribution >= 0.6 is 0 Å². The first-order valence-corrected chi connectivity index (χ1v) is 10.8. The maximum absolute atomic E-state index is 12.9. The topological polar surface area (TPSA) is 120 Å².